The predicted octanol–water partition coefficient (Wildman–Crippen LogP) is 3.59. The number of aliphatic hydroxyl groups is 1. The minimum absolute atomic E-state index is 0.504. The molecule has 2 aromatic carbocycles. The van der Waals surface area contributed by atoms with E-state index in [2.05, 4.69) is 19.9 Å². The number of para-hydroxylation sites is 1. The largest absolute Gasteiger partial charge is 0.496 e. The zero-order chi connectivity index (χ0) is 13.8. The monoisotopic (exact) mass is 256 g/mol. The summed E-state index contributed by atoms with van der Waals surface area (Å²) in [5.41, 5.74) is 4.38. The van der Waals surface area contributed by atoms with Gasteiger partial charge in [-0.2, -0.15) is 0 Å². The maximum absolute atomic E-state index is 10.4. The van der Waals surface area contributed by atoms with Crippen molar-refractivity contribution < 1.29 is 9.84 Å². The van der Waals surface area contributed by atoms with Gasteiger partial charge in [-0.1, -0.05) is 36.4 Å². The Bertz CT molecular complexity index is 561. The Hall–Kier alpha value is -1.80. The van der Waals surface area contributed by atoms with Crippen LogP contribution >= 0.6 is 0 Å². The third-order valence-corrected chi connectivity index (χ3v) is 3.61. The Morgan fingerprint density at radius 1 is 1.05 bits per heavy atom. The maximum Gasteiger partial charge on any atom is 0.122 e. The number of ether oxygens (including phenoxy) is 1. The van der Waals surface area contributed by atoms with Crippen molar-refractivity contribution in [2.75, 3.05) is 7.11 Å². The Balaban J connectivity index is 2.26. The van der Waals surface area contributed by atoms with Gasteiger partial charge in [-0.15, -0.1) is 0 Å². The van der Waals surface area contributed by atoms with Gasteiger partial charge in [0.15, 0.2) is 0 Å². The van der Waals surface area contributed by atoms with Gasteiger partial charge in [-0.3, -0.25) is 0 Å². The lowest BCUT2D eigenvalue weighted by Gasteiger charge is -2.16. The molecule has 0 radical (unpaired) electrons. The molecule has 19 heavy (non-hydrogen) atoms. The van der Waals surface area contributed by atoms with E-state index in [0.29, 0.717) is 6.42 Å². The van der Waals surface area contributed by atoms with Crippen LogP contribution < -0.4 is 4.74 Å². The highest BCUT2D eigenvalue weighted by Crippen LogP contribution is 2.27. The van der Waals surface area contributed by atoms with Gasteiger partial charge >= 0.3 is 0 Å². The molecular weight excluding hydrogens is 236 g/mol. The molecule has 0 heterocycles. The molecule has 0 aliphatic rings. The highest BCUT2D eigenvalue weighted by molar-refractivity contribution is 5.38. The summed E-state index contributed by atoms with van der Waals surface area (Å²) in [6.07, 6.45) is 0.0603. The summed E-state index contributed by atoms with van der Waals surface area (Å²) in [7, 11) is 1.66. The van der Waals surface area contributed by atoms with Crippen LogP contribution in [0.3, 0.4) is 0 Å². The highest BCUT2D eigenvalue weighted by atomic mass is 16.5. The van der Waals surface area contributed by atoms with Crippen LogP contribution in [0.4, 0.5) is 0 Å². The molecule has 0 aliphatic heterocycles. The second-order valence-electron chi connectivity index (χ2n) is 4.82. The first kappa shape index (κ1) is 13.6. The van der Waals surface area contributed by atoms with E-state index in [1.165, 1.54) is 5.56 Å². The van der Waals surface area contributed by atoms with Crippen LogP contribution in [0.1, 0.15) is 28.4 Å². The number of methoxy groups -OCH3 is 1. The standard InChI is InChI=1S/C17H20O2/c1-12-7-6-9-15(13(12)2)16(18)11-14-8-4-5-10-17(14)19-3/h4-10,16,18H,11H2,1-3H3. The molecular formula is C17H20O2. The molecule has 2 rings (SSSR count). The minimum atomic E-state index is -0.504. The van der Waals surface area contributed by atoms with Crippen LogP contribution in [0.15, 0.2) is 42.5 Å². The van der Waals surface area contributed by atoms with Crippen molar-refractivity contribution in [3.05, 3.63) is 64.7 Å². The molecule has 1 N–H and O–H groups in total. The fourth-order valence-corrected chi connectivity index (χ4v) is 2.32. The maximum atomic E-state index is 10.4. The summed E-state index contributed by atoms with van der Waals surface area (Å²) in [5, 5.41) is 10.4. The van der Waals surface area contributed by atoms with Gasteiger partial charge in [0.1, 0.15) is 5.75 Å². The van der Waals surface area contributed by atoms with Gasteiger partial charge in [-0.25, -0.2) is 0 Å². The molecule has 2 nitrogen and oxygen atoms in total. The number of hydrogen-bond acceptors (Lipinski definition) is 2. The van der Waals surface area contributed by atoms with E-state index in [0.717, 1.165) is 22.4 Å². The third kappa shape index (κ3) is 2.96. The van der Waals surface area contributed by atoms with Crippen molar-refractivity contribution in [2.24, 2.45) is 0 Å². The molecule has 1 atom stereocenters. The van der Waals surface area contributed by atoms with E-state index in [1.807, 2.05) is 36.4 Å². The molecule has 0 saturated heterocycles. The molecule has 2 aromatic rings. The summed E-state index contributed by atoms with van der Waals surface area (Å²) >= 11 is 0. The Labute approximate surface area is 114 Å². The van der Waals surface area contributed by atoms with Crippen molar-refractivity contribution in [1.82, 2.24) is 0 Å². The quantitative estimate of drug-likeness (QED) is 0.906. The zero-order valence-corrected chi connectivity index (χ0v) is 11.7. The molecule has 2 heteroatoms. The SMILES string of the molecule is COc1ccccc1CC(O)c1cccc(C)c1C. The van der Waals surface area contributed by atoms with E-state index >= 15 is 0 Å². The van der Waals surface area contributed by atoms with Gasteiger partial charge in [0.25, 0.3) is 0 Å². The van der Waals surface area contributed by atoms with Crippen molar-refractivity contribution in [1.29, 1.82) is 0 Å². The van der Waals surface area contributed by atoms with E-state index in [1.54, 1.807) is 7.11 Å². The first-order chi connectivity index (χ1) is 9.13. The molecule has 0 saturated carbocycles. The van der Waals surface area contributed by atoms with E-state index in [-0.39, 0.29) is 0 Å². The van der Waals surface area contributed by atoms with E-state index in [9.17, 15) is 5.11 Å². The van der Waals surface area contributed by atoms with E-state index < -0.39 is 6.10 Å². The number of rotatable bonds is 4. The molecule has 0 aliphatic carbocycles. The van der Waals surface area contributed by atoms with Crippen LogP contribution in [0.25, 0.3) is 0 Å². The van der Waals surface area contributed by atoms with Crippen LogP contribution in [-0.4, -0.2) is 12.2 Å². The summed E-state index contributed by atoms with van der Waals surface area (Å²) in [6.45, 7) is 4.12. The Morgan fingerprint density at radius 3 is 2.53 bits per heavy atom. The van der Waals surface area contributed by atoms with Crippen LogP contribution in [0.2, 0.25) is 0 Å². The van der Waals surface area contributed by atoms with Crippen LogP contribution in [0.5, 0.6) is 5.75 Å². The average molecular weight is 256 g/mol. The van der Waals surface area contributed by atoms with Crippen LogP contribution in [0, 0.1) is 13.8 Å². The molecule has 0 bridgehead atoms. The second-order valence-corrected chi connectivity index (χ2v) is 4.82. The highest BCUT2D eigenvalue weighted by Gasteiger charge is 2.14. The number of aryl methyl sites for hydroxylation is 1. The van der Waals surface area contributed by atoms with Gasteiger partial charge in [0.2, 0.25) is 0 Å². The lowest BCUT2D eigenvalue weighted by atomic mass is 9.95. The summed E-state index contributed by atoms with van der Waals surface area (Å²) in [6, 6.07) is 13.9. The third-order valence-electron chi connectivity index (χ3n) is 3.61. The molecule has 0 fully saturated rings. The summed E-state index contributed by atoms with van der Waals surface area (Å²) in [4.78, 5) is 0. The average Bonchev–Trinajstić information content (AvgIpc) is 2.42. The zero-order valence-electron chi connectivity index (χ0n) is 11.7. The summed E-state index contributed by atoms with van der Waals surface area (Å²) in [5.74, 6) is 0.826. The van der Waals surface area contributed by atoms with Crippen molar-refractivity contribution in [3.63, 3.8) is 0 Å². The lowest BCUT2D eigenvalue weighted by molar-refractivity contribution is 0.176. The second kappa shape index (κ2) is 5.89. The van der Waals surface area contributed by atoms with Gasteiger partial charge < -0.3 is 9.84 Å². The fourth-order valence-electron chi connectivity index (χ4n) is 2.32. The Morgan fingerprint density at radius 2 is 1.79 bits per heavy atom. The topological polar surface area (TPSA) is 29.5 Å². The Kier molecular flexibility index (Phi) is 4.23. The fraction of sp³-hybridized carbons (Fsp3) is 0.294. The molecule has 0 aromatic heterocycles. The summed E-state index contributed by atoms with van der Waals surface area (Å²) < 4.78 is 5.32. The predicted molar refractivity (Wildman–Crippen MR) is 77.6 cm³/mol. The number of hydrogen-bond donors (Lipinski definition) is 1. The van der Waals surface area contributed by atoms with Crippen molar-refractivity contribution in [3.8, 4) is 5.75 Å². The molecule has 100 valence electrons. The van der Waals surface area contributed by atoms with Gasteiger partial charge in [0.05, 0.1) is 13.2 Å². The first-order valence-electron chi connectivity index (χ1n) is 6.49. The molecule has 0 spiro atoms. The minimum Gasteiger partial charge on any atom is -0.496 e. The number of benzene rings is 2. The van der Waals surface area contributed by atoms with Crippen LogP contribution in [-0.2, 0) is 6.42 Å². The lowest BCUT2D eigenvalue weighted by Crippen LogP contribution is -2.05. The van der Waals surface area contributed by atoms with E-state index in [4.69, 9.17) is 4.74 Å². The van der Waals surface area contributed by atoms with Crippen molar-refractivity contribution in [2.45, 2.75) is 26.4 Å². The first-order valence-corrected chi connectivity index (χ1v) is 6.49. The van der Waals surface area contributed by atoms with Crippen molar-refractivity contribution >= 4 is 0 Å². The smallest absolute Gasteiger partial charge is 0.122 e. The molecule has 1 unspecified atom stereocenters. The van der Waals surface area contributed by atoms with Gasteiger partial charge in [0, 0.05) is 6.42 Å². The number of aliphatic hydroxyl groups excluding tert-OH is 1. The molecule has 0 amide bonds. The van der Waals surface area contributed by atoms with Gasteiger partial charge in [-0.05, 0) is 42.2 Å². The normalized spacial score (nSPS) is 12.2.